The number of fused-ring (bicyclic) bond motifs is 1. The highest BCUT2D eigenvalue weighted by Gasteiger charge is 2.48. The Morgan fingerprint density at radius 2 is 1.92 bits per heavy atom. The Morgan fingerprint density at radius 1 is 1.19 bits per heavy atom. The summed E-state index contributed by atoms with van der Waals surface area (Å²) in [6.07, 6.45) is 6.82. The number of rotatable bonds is 4. The van der Waals surface area contributed by atoms with Crippen molar-refractivity contribution in [2.45, 2.75) is 68.8 Å². The van der Waals surface area contributed by atoms with Gasteiger partial charge in [0.25, 0.3) is 21.8 Å². The van der Waals surface area contributed by atoms with Crippen LogP contribution in [0.3, 0.4) is 0 Å². The standard InChI is InChI=1S/C19H24N2O4S/c1-2-12-5-3-4-6-16(12)20-18(22)13-7-10-15-17(11-13)26(24,25)21(19(15)23)14-8-9-14/h7,10-12,14,16H,2-6,8-9H2,1H3,(H,20,22). The van der Waals surface area contributed by atoms with E-state index in [0.29, 0.717) is 24.3 Å². The number of hydrogen-bond acceptors (Lipinski definition) is 4. The Balaban J connectivity index is 1.59. The zero-order valence-corrected chi connectivity index (χ0v) is 15.7. The van der Waals surface area contributed by atoms with Crippen LogP contribution in [0.15, 0.2) is 23.1 Å². The number of amides is 2. The Morgan fingerprint density at radius 3 is 2.62 bits per heavy atom. The molecule has 1 aromatic rings. The average molecular weight is 376 g/mol. The Bertz CT molecular complexity index is 860. The van der Waals surface area contributed by atoms with Gasteiger partial charge in [0.15, 0.2) is 0 Å². The quantitative estimate of drug-likeness (QED) is 0.876. The molecule has 1 heterocycles. The van der Waals surface area contributed by atoms with Gasteiger partial charge in [0.05, 0.1) is 5.56 Å². The normalized spacial score (nSPS) is 27.3. The molecule has 0 saturated heterocycles. The number of benzene rings is 1. The van der Waals surface area contributed by atoms with Gasteiger partial charge >= 0.3 is 0 Å². The van der Waals surface area contributed by atoms with Crippen molar-refractivity contribution in [1.29, 1.82) is 0 Å². The van der Waals surface area contributed by atoms with Crippen molar-refractivity contribution in [3.8, 4) is 0 Å². The van der Waals surface area contributed by atoms with Crippen LogP contribution in [-0.2, 0) is 10.0 Å². The molecule has 0 aromatic heterocycles. The van der Waals surface area contributed by atoms with Crippen LogP contribution in [0.5, 0.6) is 0 Å². The fourth-order valence-corrected chi connectivity index (χ4v) is 6.04. The van der Waals surface area contributed by atoms with Crippen molar-refractivity contribution in [2.24, 2.45) is 5.92 Å². The molecule has 6 nitrogen and oxygen atoms in total. The van der Waals surface area contributed by atoms with Gasteiger partial charge in [0, 0.05) is 17.6 Å². The van der Waals surface area contributed by atoms with Crippen LogP contribution in [0.2, 0.25) is 0 Å². The first-order chi connectivity index (χ1) is 12.4. The minimum absolute atomic E-state index is 0.0299. The lowest BCUT2D eigenvalue weighted by Crippen LogP contribution is -2.41. The first-order valence-electron chi connectivity index (χ1n) is 9.47. The molecular formula is C19H24N2O4S. The van der Waals surface area contributed by atoms with E-state index in [1.165, 1.54) is 18.6 Å². The lowest BCUT2D eigenvalue weighted by molar-refractivity contribution is 0.0862. The molecule has 26 heavy (non-hydrogen) atoms. The maximum Gasteiger partial charge on any atom is 0.269 e. The molecular weight excluding hydrogens is 352 g/mol. The summed E-state index contributed by atoms with van der Waals surface area (Å²) < 4.78 is 26.4. The van der Waals surface area contributed by atoms with Gasteiger partial charge in [-0.1, -0.05) is 26.2 Å². The number of carbonyl (C=O) groups is 2. The van der Waals surface area contributed by atoms with Crippen molar-refractivity contribution in [3.05, 3.63) is 29.3 Å². The minimum atomic E-state index is -3.83. The summed E-state index contributed by atoms with van der Waals surface area (Å²) in [5.74, 6) is -0.253. The Labute approximate surface area is 154 Å². The second-order valence-corrected chi connectivity index (χ2v) is 9.36. The number of nitrogens with zero attached hydrogens (tertiary/aromatic N) is 1. The summed E-state index contributed by atoms with van der Waals surface area (Å²) >= 11 is 0. The van der Waals surface area contributed by atoms with E-state index < -0.39 is 15.9 Å². The van der Waals surface area contributed by atoms with Gasteiger partial charge < -0.3 is 5.32 Å². The molecule has 140 valence electrons. The molecule has 4 rings (SSSR count). The molecule has 1 aliphatic heterocycles. The van der Waals surface area contributed by atoms with E-state index >= 15 is 0 Å². The highest BCUT2D eigenvalue weighted by atomic mass is 32.2. The van der Waals surface area contributed by atoms with E-state index in [0.717, 1.165) is 30.0 Å². The fraction of sp³-hybridized carbons (Fsp3) is 0.579. The van der Waals surface area contributed by atoms with Crippen molar-refractivity contribution >= 4 is 21.8 Å². The number of hydrogen-bond donors (Lipinski definition) is 1. The second-order valence-electron chi connectivity index (χ2n) is 7.58. The SMILES string of the molecule is CCC1CCCCC1NC(=O)c1ccc2c(c1)S(=O)(=O)N(C1CC1)C2=O. The van der Waals surface area contributed by atoms with Gasteiger partial charge in [-0.3, -0.25) is 9.59 Å². The van der Waals surface area contributed by atoms with Crippen LogP contribution >= 0.6 is 0 Å². The molecule has 0 bridgehead atoms. The highest BCUT2D eigenvalue weighted by Crippen LogP contribution is 2.39. The van der Waals surface area contributed by atoms with Crippen LogP contribution in [0.4, 0.5) is 0 Å². The van der Waals surface area contributed by atoms with Crippen molar-refractivity contribution < 1.29 is 18.0 Å². The van der Waals surface area contributed by atoms with E-state index in [9.17, 15) is 18.0 Å². The maximum atomic E-state index is 12.7. The van der Waals surface area contributed by atoms with Gasteiger partial charge in [0.2, 0.25) is 0 Å². The topological polar surface area (TPSA) is 83.6 Å². The summed E-state index contributed by atoms with van der Waals surface area (Å²) in [4.78, 5) is 25.1. The van der Waals surface area contributed by atoms with Crippen molar-refractivity contribution in [1.82, 2.24) is 9.62 Å². The van der Waals surface area contributed by atoms with Crippen LogP contribution in [0, 0.1) is 5.92 Å². The van der Waals surface area contributed by atoms with Crippen LogP contribution < -0.4 is 5.32 Å². The molecule has 2 unspecified atom stereocenters. The largest absolute Gasteiger partial charge is 0.349 e. The monoisotopic (exact) mass is 376 g/mol. The van der Waals surface area contributed by atoms with E-state index in [2.05, 4.69) is 12.2 Å². The van der Waals surface area contributed by atoms with Gasteiger partial charge in [0.1, 0.15) is 4.90 Å². The summed E-state index contributed by atoms with van der Waals surface area (Å²) in [6, 6.07) is 4.32. The van der Waals surface area contributed by atoms with E-state index in [4.69, 9.17) is 0 Å². The molecule has 1 N–H and O–H groups in total. The molecule has 2 fully saturated rings. The van der Waals surface area contributed by atoms with Gasteiger partial charge in [-0.2, -0.15) is 0 Å². The van der Waals surface area contributed by atoms with Gasteiger partial charge in [-0.15, -0.1) is 0 Å². The average Bonchev–Trinajstić information content (AvgIpc) is 3.43. The third-order valence-corrected chi connectivity index (χ3v) is 7.72. The molecule has 2 aliphatic carbocycles. The molecule has 7 heteroatoms. The molecule has 1 aromatic carbocycles. The first-order valence-corrected chi connectivity index (χ1v) is 10.9. The number of nitrogens with one attached hydrogen (secondary N) is 1. The lowest BCUT2D eigenvalue weighted by atomic mass is 9.83. The molecule has 2 atom stereocenters. The predicted octanol–water partition coefficient (Wildman–Crippen LogP) is 2.69. The van der Waals surface area contributed by atoms with Crippen LogP contribution in [0.25, 0.3) is 0 Å². The summed E-state index contributed by atoms with van der Waals surface area (Å²) in [7, 11) is -3.83. The van der Waals surface area contributed by atoms with Crippen LogP contribution in [-0.4, -0.2) is 36.6 Å². The maximum absolute atomic E-state index is 12.7. The summed E-state index contributed by atoms with van der Waals surface area (Å²) in [5.41, 5.74) is 0.482. The highest BCUT2D eigenvalue weighted by molar-refractivity contribution is 7.90. The lowest BCUT2D eigenvalue weighted by Gasteiger charge is -2.31. The van der Waals surface area contributed by atoms with Crippen LogP contribution in [0.1, 0.15) is 72.6 Å². The van der Waals surface area contributed by atoms with Crippen molar-refractivity contribution in [2.75, 3.05) is 0 Å². The Kier molecular flexibility index (Phi) is 4.29. The van der Waals surface area contributed by atoms with Gasteiger partial charge in [-0.25, -0.2) is 12.7 Å². The smallest absolute Gasteiger partial charge is 0.269 e. The van der Waals surface area contributed by atoms with E-state index in [1.807, 2.05) is 0 Å². The van der Waals surface area contributed by atoms with E-state index in [-0.39, 0.29) is 28.4 Å². The second kappa shape index (κ2) is 6.37. The van der Waals surface area contributed by atoms with Gasteiger partial charge in [-0.05, 0) is 49.8 Å². The zero-order valence-electron chi connectivity index (χ0n) is 14.9. The first kappa shape index (κ1) is 17.5. The molecule has 0 spiro atoms. The molecule has 2 amide bonds. The minimum Gasteiger partial charge on any atom is -0.349 e. The Hall–Kier alpha value is -1.89. The molecule has 2 saturated carbocycles. The number of sulfonamides is 1. The molecule has 0 radical (unpaired) electrons. The van der Waals surface area contributed by atoms with E-state index in [1.54, 1.807) is 6.07 Å². The third-order valence-electron chi connectivity index (χ3n) is 5.84. The summed E-state index contributed by atoms with van der Waals surface area (Å²) in [6.45, 7) is 2.13. The third kappa shape index (κ3) is 2.82. The van der Waals surface area contributed by atoms with Crippen molar-refractivity contribution in [3.63, 3.8) is 0 Å². The fourth-order valence-electron chi connectivity index (χ4n) is 4.20. The summed E-state index contributed by atoms with van der Waals surface area (Å²) in [5, 5.41) is 3.08. The zero-order chi connectivity index (χ0) is 18.5. The molecule has 3 aliphatic rings. The number of carbonyl (C=O) groups excluding carboxylic acids is 2. The predicted molar refractivity (Wildman–Crippen MR) is 96.3 cm³/mol.